The van der Waals surface area contributed by atoms with Gasteiger partial charge >= 0.3 is 6.18 Å². The molecule has 0 bridgehead atoms. The standard InChI is InChI=1S/C25H23F3N4O2S/c26-25(27,28)20-6-4-17(5-7-20)18-2-1-3-19(12-18)23(33)32-13-21(14-32)30-8-10-31(11-9-30)24(34)22-15-35-16-29-22/h1-7,12,15-16,21H,8-11,13-14H2. The predicted octanol–water partition coefficient (Wildman–Crippen LogP) is 4.11. The van der Waals surface area contributed by atoms with E-state index >= 15 is 0 Å². The molecular formula is C25H23F3N4O2S. The third-order valence-corrected chi connectivity index (χ3v) is 7.16. The van der Waals surface area contributed by atoms with Crippen molar-refractivity contribution in [3.63, 3.8) is 0 Å². The van der Waals surface area contributed by atoms with Crippen molar-refractivity contribution < 1.29 is 22.8 Å². The van der Waals surface area contributed by atoms with Crippen molar-refractivity contribution in [3.05, 3.63) is 76.2 Å². The molecule has 6 nitrogen and oxygen atoms in total. The number of alkyl halides is 3. The lowest BCUT2D eigenvalue weighted by molar-refractivity contribution is -0.137. The molecule has 2 amide bonds. The van der Waals surface area contributed by atoms with Crippen LogP contribution in [0, 0.1) is 0 Å². The van der Waals surface area contributed by atoms with Gasteiger partial charge in [-0.3, -0.25) is 14.5 Å². The maximum absolute atomic E-state index is 13.0. The van der Waals surface area contributed by atoms with Gasteiger partial charge in [-0.25, -0.2) is 4.98 Å². The maximum Gasteiger partial charge on any atom is 0.416 e. The fraction of sp³-hybridized carbons (Fsp3) is 0.320. The first-order chi connectivity index (χ1) is 16.8. The normalized spacial score (nSPS) is 17.3. The molecule has 0 aliphatic carbocycles. The summed E-state index contributed by atoms with van der Waals surface area (Å²) in [6.45, 7) is 4.01. The number of hydrogen-bond acceptors (Lipinski definition) is 5. The SMILES string of the molecule is O=C(c1cccc(-c2ccc(C(F)(F)F)cc2)c1)N1CC(N2CCN(C(=O)c3cscn3)CC2)C1. The quantitative estimate of drug-likeness (QED) is 0.541. The smallest absolute Gasteiger partial charge is 0.335 e. The number of likely N-dealkylation sites (tertiary alicyclic amines) is 1. The number of aromatic nitrogens is 1. The summed E-state index contributed by atoms with van der Waals surface area (Å²) in [5.41, 5.74) is 3.28. The highest BCUT2D eigenvalue weighted by Gasteiger charge is 2.37. The van der Waals surface area contributed by atoms with Crippen molar-refractivity contribution in [2.45, 2.75) is 12.2 Å². The molecule has 2 aliphatic rings. The molecule has 2 fully saturated rings. The Morgan fingerprint density at radius 3 is 2.23 bits per heavy atom. The average molecular weight is 501 g/mol. The lowest BCUT2D eigenvalue weighted by Crippen LogP contribution is -2.64. The number of hydrogen-bond donors (Lipinski definition) is 0. The van der Waals surface area contributed by atoms with Gasteiger partial charge in [0.25, 0.3) is 11.8 Å². The van der Waals surface area contributed by atoms with E-state index in [1.165, 1.54) is 23.5 Å². The molecule has 35 heavy (non-hydrogen) atoms. The third-order valence-electron chi connectivity index (χ3n) is 6.57. The van der Waals surface area contributed by atoms with Gasteiger partial charge in [0.2, 0.25) is 0 Å². The van der Waals surface area contributed by atoms with Gasteiger partial charge in [-0.1, -0.05) is 24.3 Å². The van der Waals surface area contributed by atoms with Crippen LogP contribution < -0.4 is 0 Å². The molecule has 182 valence electrons. The lowest BCUT2D eigenvalue weighted by Gasteiger charge is -2.48. The second-order valence-electron chi connectivity index (χ2n) is 8.72. The lowest BCUT2D eigenvalue weighted by atomic mass is 9.99. The summed E-state index contributed by atoms with van der Waals surface area (Å²) in [6, 6.07) is 12.2. The number of benzene rings is 2. The first kappa shape index (κ1) is 23.5. The molecule has 3 aromatic rings. The van der Waals surface area contributed by atoms with E-state index in [9.17, 15) is 22.8 Å². The van der Waals surface area contributed by atoms with Gasteiger partial charge in [0.1, 0.15) is 5.69 Å². The van der Waals surface area contributed by atoms with Crippen molar-refractivity contribution in [2.75, 3.05) is 39.3 Å². The van der Waals surface area contributed by atoms with Crippen LogP contribution >= 0.6 is 11.3 Å². The number of thiazole rings is 1. The van der Waals surface area contributed by atoms with Crippen LogP contribution in [-0.2, 0) is 6.18 Å². The van der Waals surface area contributed by atoms with Gasteiger partial charge < -0.3 is 9.80 Å². The molecule has 0 N–H and O–H groups in total. The Bertz CT molecular complexity index is 1200. The molecule has 0 unspecified atom stereocenters. The van der Waals surface area contributed by atoms with E-state index in [0.29, 0.717) is 48.6 Å². The fourth-order valence-corrected chi connectivity index (χ4v) is 5.01. The summed E-state index contributed by atoms with van der Waals surface area (Å²) in [6.07, 6.45) is -4.38. The molecule has 3 heterocycles. The zero-order chi connectivity index (χ0) is 24.6. The van der Waals surface area contributed by atoms with Crippen LogP contribution in [0.1, 0.15) is 26.4 Å². The van der Waals surface area contributed by atoms with Crippen LogP contribution in [0.2, 0.25) is 0 Å². The van der Waals surface area contributed by atoms with Crippen LogP contribution in [0.3, 0.4) is 0 Å². The third kappa shape index (κ3) is 4.94. The van der Waals surface area contributed by atoms with Gasteiger partial charge in [0.15, 0.2) is 0 Å². The number of carbonyl (C=O) groups excluding carboxylic acids is 2. The van der Waals surface area contributed by atoms with Gasteiger partial charge in [-0.15, -0.1) is 11.3 Å². The zero-order valence-corrected chi connectivity index (χ0v) is 19.6. The highest BCUT2D eigenvalue weighted by atomic mass is 32.1. The van der Waals surface area contributed by atoms with Crippen LogP contribution in [-0.4, -0.2) is 76.8 Å². The molecule has 2 saturated heterocycles. The summed E-state index contributed by atoms with van der Waals surface area (Å²) >= 11 is 1.40. The fourth-order valence-electron chi connectivity index (χ4n) is 4.49. The van der Waals surface area contributed by atoms with Crippen molar-refractivity contribution in [2.24, 2.45) is 0 Å². The summed E-state index contributed by atoms with van der Waals surface area (Å²) in [5.74, 6) is -0.128. The van der Waals surface area contributed by atoms with Crippen molar-refractivity contribution in [1.82, 2.24) is 19.7 Å². The molecule has 1 aromatic heterocycles. The number of halogens is 3. The molecule has 0 radical (unpaired) electrons. The van der Waals surface area contributed by atoms with Gasteiger partial charge in [0, 0.05) is 56.3 Å². The number of piperazine rings is 1. The summed E-state index contributed by atoms with van der Waals surface area (Å²) < 4.78 is 38.5. The van der Waals surface area contributed by atoms with Crippen molar-refractivity contribution in [1.29, 1.82) is 0 Å². The Morgan fingerprint density at radius 1 is 0.886 bits per heavy atom. The predicted molar refractivity (Wildman–Crippen MR) is 126 cm³/mol. The van der Waals surface area contributed by atoms with Crippen LogP contribution in [0.5, 0.6) is 0 Å². The number of amides is 2. The van der Waals surface area contributed by atoms with Gasteiger partial charge in [0.05, 0.1) is 11.1 Å². The molecule has 0 spiro atoms. The van der Waals surface area contributed by atoms with Crippen molar-refractivity contribution >= 4 is 23.2 Å². The highest BCUT2D eigenvalue weighted by molar-refractivity contribution is 7.07. The number of rotatable bonds is 4. The Balaban J connectivity index is 1.16. The second kappa shape index (κ2) is 9.43. The van der Waals surface area contributed by atoms with E-state index in [2.05, 4.69) is 9.88 Å². The highest BCUT2D eigenvalue weighted by Crippen LogP contribution is 2.31. The van der Waals surface area contributed by atoms with E-state index in [1.807, 2.05) is 4.90 Å². The molecule has 0 saturated carbocycles. The minimum absolute atomic E-state index is 0.0377. The van der Waals surface area contributed by atoms with Crippen LogP contribution in [0.25, 0.3) is 11.1 Å². The summed E-state index contributed by atoms with van der Waals surface area (Å²) in [5, 5.41) is 1.76. The maximum atomic E-state index is 13.0. The molecular weight excluding hydrogens is 477 g/mol. The molecule has 2 aromatic carbocycles. The Hall–Kier alpha value is -3.24. The van der Waals surface area contributed by atoms with Crippen molar-refractivity contribution in [3.8, 4) is 11.1 Å². The van der Waals surface area contributed by atoms with Gasteiger partial charge in [-0.2, -0.15) is 13.2 Å². The summed E-state index contributed by atoms with van der Waals surface area (Å²) in [7, 11) is 0. The first-order valence-corrected chi connectivity index (χ1v) is 12.2. The Kier molecular flexibility index (Phi) is 6.33. The first-order valence-electron chi connectivity index (χ1n) is 11.3. The van der Waals surface area contributed by atoms with E-state index in [-0.39, 0.29) is 17.9 Å². The largest absolute Gasteiger partial charge is 0.416 e. The minimum atomic E-state index is -4.38. The van der Waals surface area contributed by atoms with E-state index in [4.69, 9.17) is 0 Å². The molecule has 10 heteroatoms. The van der Waals surface area contributed by atoms with Gasteiger partial charge in [-0.05, 0) is 35.4 Å². The Morgan fingerprint density at radius 2 is 1.60 bits per heavy atom. The number of carbonyl (C=O) groups is 2. The zero-order valence-electron chi connectivity index (χ0n) is 18.7. The summed E-state index contributed by atoms with van der Waals surface area (Å²) in [4.78, 5) is 35.5. The van der Waals surface area contributed by atoms with E-state index in [0.717, 1.165) is 25.2 Å². The molecule has 0 atom stereocenters. The molecule has 5 rings (SSSR count). The molecule has 2 aliphatic heterocycles. The monoisotopic (exact) mass is 500 g/mol. The van der Waals surface area contributed by atoms with E-state index < -0.39 is 11.7 Å². The van der Waals surface area contributed by atoms with Crippen LogP contribution in [0.4, 0.5) is 13.2 Å². The second-order valence-corrected chi connectivity index (χ2v) is 9.44. The van der Waals surface area contributed by atoms with Crippen LogP contribution in [0.15, 0.2) is 59.4 Å². The average Bonchev–Trinajstić information content (AvgIpc) is 3.38. The topological polar surface area (TPSA) is 56.8 Å². The number of nitrogens with zero attached hydrogens (tertiary/aromatic N) is 4. The Labute approximate surface area is 204 Å². The minimum Gasteiger partial charge on any atom is -0.335 e. The van der Waals surface area contributed by atoms with E-state index in [1.54, 1.807) is 40.1 Å².